The van der Waals surface area contributed by atoms with Crippen LogP contribution in [-0.4, -0.2) is 11.7 Å². The number of aryl methyl sites for hydroxylation is 1. The summed E-state index contributed by atoms with van der Waals surface area (Å²) in [6.07, 6.45) is 0. The highest BCUT2D eigenvalue weighted by Gasteiger charge is 2.13. The normalized spacial score (nSPS) is 13.0. The monoisotopic (exact) mass is 202 g/mol. The lowest BCUT2D eigenvalue weighted by Crippen LogP contribution is -2.01. The van der Waals surface area contributed by atoms with Crippen LogP contribution in [-0.2, 0) is 0 Å². The molecular formula is C10H12ClFO. The third-order valence-corrected chi connectivity index (χ3v) is 2.49. The lowest BCUT2D eigenvalue weighted by molar-refractivity contribution is 0.273. The lowest BCUT2D eigenvalue weighted by atomic mass is 10.0. The molecule has 0 saturated heterocycles. The Kier molecular flexibility index (Phi) is 3.28. The molecule has 0 amide bonds. The average molecular weight is 203 g/mol. The van der Waals surface area contributed by atoms with Crippen molar-refractivity contribution in [1.29, 1.82) is 0 Å². The van der Waals surface area contributed by atoms with E-state index in [0.717, 1.165) is 0 Å². The van der Waals surface area contributed by atoms with E-state index >= 15 is 0 Å². The zero-order valence-electron chi connectivity index (χ0n) is 7.64. The summed E-state index contributed by atoms with van der Waals surface area (Å²) in [6.45, 7) is 3.44. The molecule has 1 nitrogen and oxygen atoms in total. The molecule has 0 aliphatic rings. The predicted octanol–water partition coefficient (Wildman–Crippen LogP) is 2.88. The van der Waals surface area contributed by atoms with Crippen LogP contribution in [0.15, 0.2) is 12.1 Å². The van der Waals surface area contributed by atoms with Gasteiger partial charge in [-0.3, -0.25) is 0 Å². The van der Waals surface area contributed by atoms with E-state index in [1.54, 1.807) is 26.0 Å². The highest BCUT2D eigenvalue weighted by Crippen LogP contribution is 2.28. The lowest BCUT2D eigenvalue weighted by Gasteiger charge is -2.11. The van der Waals surface area contributed by atoms with Crippen molar-refractivity contribution in [2.24, 2.45) is 0 Å². The number of hydrogen-bond donors (Lipinski definition) is 1. The SMILES string of the molecule is Cc1ccc(C(C)CO)c(Cl)c1F. The summed E-state index contributed by atoms with van der Waals surface area (Å²) in [6, 6.07) is 3.42. The Bertz CT molecular complexity index is 312. The Morgan fingerprint density at radius 1 is 1.54 bits per heavy atom. The van der Waals surface area contributed by atoms with Crippen LogP contribution in [0.25, 0.3) is 0 Å². The summed E-state index contributed by atoms with van der Waals surface area (Å²) in [5, 5.41) is 9.02. The maximum absolute atomic E-state index is 13.3. The molecular weight excluding hydrogens is 191 g/mol. The van der Waals surface area contributed by atoms with Crippen LogP contribution in [0.5, 0.6) is 0 Å². The van der Waals surface area contributed by atoms with Crippen LogP contribution in [0.3, 0.4) is 0 Å². The van der Waals surface area contributed by atoms with Crippen molar-refractivity contribution >= 4 is 11.6 Å². The fourth-order valence-corrected chi connectivity index (χ4v) is 1.54. The first-order valence-electron chi connectivity index (χ1n) is 4.13. The van der Waals surface area contributed by atoms with Crippen LogP contribution in [0.2, 0.25) is 5.02 Å². The van der Waals surface area contributed by atoms with Crippen molar-refractivity contribution in [1.82, 2.24) is 0 Å². The van der Waals surface area contributed by atoms with Gasteiger partial charge < -0.3 is 5.11 Å². The maximum atomic E-state index is 13.3. The number of hydrogen-bond acceptors (Lipinski definition) is 1. The first-order valence-corrected chi connectivity index (χ1v) is 4.51. The highest BCUT2D eigenvalue weighted by atomic mass is 35.5. The molecule has 0 spiro atoms. The van der Waals surface area contributed by atoms with Gasteiger partial charge in [-0.05, 0) is 18.1 Å². The number of aliphatic hydroxyl groups is 1. The van der Waals surface area contributed by atoms with Gasteiger partial charge in [-0.1, -0.05) is 30.7 Å². The Balaban J connectivity index is 3.18. The molecule has 1 atom stereocenters. The van der Waals surface area contributed by atoms with Crippen LogP contribution in [0.1, 0.15) is 24.0 Å². The minimum absolute atomic E-state index is 0.0256. The smallest absolute Gasteiger partial charge is 0.144 e. The summed E-state index contributed by atoms with van der Waals surface area (Å²) in [4.78, 5) is 0. The molecule has 1 unspecified atom stereocenters. The van der Waals surface area contributed by atoms with Gasteiger partial charge in [0.1, 0.15) is 5.82 Å². The van der Waals surface area contributed by atoms with Gasteiger partial charge in [0.05, 0.1) is 5.02 Å². The first kappa shape index (κ1) is 10.5. The van der Waals surface area contributed by atoms with Crippen molar-refractivity contribution < 1.29 is 9.50 Å². The minimum atomic E-state index is -0.389. The van der Waals surface area contributed by atoms with Gasteiger partial charge in [0.15, 0.2) is 0 Å². The van der Waals surface area contributed by atoms with E-state index in [1.807, 2.05) is 0 Å². The molecule has 1 N–H and O–H groups in total. The predicted molar refractivity (Wildman–Crippen MR) is 51.6 cm³/mol. The summed E-state index contributed by atoms with van der Waals surface area (Å²) in [5.74, 6) is -0.512. The second kappa shape index (κ2) is 4.07. The summed E-state index contributed by atoms with van der Waals surface area (Å²) in [7, 11) is 0. The van der Waals surface area contributed by atoms with Crippen molar-refractivity contribution in [2.45, 2.75) is 19.8 Å². The topological polar surface area (TPSA) is 20.2 Å². The van der Waals surface area contributed by atoms with Gasteiger partial charge in [-0.25, -0.2) is 4.39 Å². The Labute approximate surface area is 82.2 Å². The van der Waals surface area contributed by atoms with Crippen LogP contribution in [0.4, 0.5) is 4.39 Å². The van der Waals surface area contributed by atoms with Gasteiger partial charge in [-0.2, -0.15) is 0 Å². The van der Waals surface area contributed by atoms with Crippen molar-refractivity contribution in [3.8, 4) is 0 Å². The van der Waals surface area contributed by atoms with Crippen LogP contribution < -0.4 is 0 Å². The van der Waals surface area contributed by atoms with E-state index in [2.05, 4.69) is 0 Å². The largest absolute Gasteiger partial charge is 0.396 e. The van der Waals surface area contributed by atoms with Crippen molar-refractivity contribution in [3.63, 3.8) is 0 Å². The zero-order chi connectivity index (χ0) is 10.0. The fraction of sp³-hybridized carbons (Fsp3) is 0.400. The molecule has 72 valence electrons. The molecule has 0 radical (unpaired) electrons. The molecule has 0 aliphatic carbocycles. The molecule has 0 aliphatic heterocycles. The molecule has 3 heteroatoms. The van der Waals surface area contributed by atoms with E-state index in [0.29, 0.717) is 11.1 Å². The van der Waals surface area contributed by atoms with E-state index in [1.165, 1.54) is 0 Å². The van der Waals surface area contributed by atoms with Gasteiger partial charge in [0.25, 0.3) is 0 Å². The molecule has 0 saturated carbocycles. The molecule has 0 fully saturated rings. The molecule has 1 aromatic carbocycles. The quantitative estimate of drug-likeness (QED) is 0.782. The third-order valence-electron chi connectivity index (χ3n) is 2.11. The van der Waals surface area contributed by atoms with E-state index in [4.69, 9.17) is 16.7 Å². The summed E-state index contributed by atoms with van der Waals surface area (Å²) in [5.41, 5.74) is 1.19. The Morgan fingerprint density at radius 2 is 2.15 bits per heavy atom. The molecule has 1 aromatic rings. The van der Waals surface area contributed by atoms with E-state index in [9.17, 15) is 4.39 Å². The first-order chi connectivity index (χ1) is 6.07. The molecule has 1 rings (SSSR count). The second-order valence-electron chi connectivity index (χ2n) is 3.18. The summed E-state index contributed by atoms with van der Waals surface area (Å²) < 4.78 is 13.3. The molecule has 0 bridgehead atoms. The van der Waals surface area contributed by atoms with Crippen LogP contribution >= 0.6 is 11.6 Å². The maximum Gasteiger partial charge on any atom is 0.144 e. The standard InChI is InChI=1S/C10H12ClFO/c1-6-3-4-8(7(2)5-13)9(11)10(6)12/h3-4,7,13H,5H2,1-2H3. The summed E-state index contributed by atoms with van der Waals surface area (Å²) >= 11 is 5.79. The molecule has 13 heavy (non-hydrogen) atoms. The number of halogens is 2. The Morgan fingerprint density at radius 3 is 2.69 bits per heavy atom. The van der Waals surface area contributed by atoms with Gasteiger partial charge >= 0.3 is 0 Å². The second-order valence-corrected chi connectivity index (χ2v) is 3.56. The zero-order valence-corrected chi connectivity index (χ0v) is 8.40. The third kappa shape index (κ3) is 2.01. The minimum Gasteiger partial charge on any atom is -0.396 e. The van der Waals surface area contributed by atoms with Gasteiger partial charge in [0, 0.05) is 12.5 Å². The Hall–Kier alpha value is -0.600. The van der Waals surface area contributed by atoms with E-state index < -0.39 is 0 Å². The number of rotatable bonds is 2. The molecule has 0 aromatic heterocycles. The van der Waals surface area contributed by atoms with Crippen molar-refractivity contribution in [2.75, 3.05) is 6.61 Å². The van der Waals surface area contributed by atoms with Crippen molar-refractivity contribution in [3.05, 3.63) is 34.1 Å². The fourth-order valence-electron chi connectivity index (χ4n) is 1.14. The number of benzene rings is 1. The van der Waals surface area contributed by atoms with Gasteiger partial charge in [0.2, 0.25) is 0 Å². The molecule has 0 heterocycles. The number of aliphatic hydroxyl groups excluding tert-OH is 1. The van der Waals surface area contributed by atoms with Crippen LogP contribution in [0, 0.1) is 12.7 Å². The van der Waals surface area contributed by atoms with Gasteiger partial charge in [-0.15, -0.1) is 0 Å². The van der Waals surface area contributed by atoms with E-state index in [-0.39, 0.29) is 23.4 Å². The average Bonchev–Trinajstić information content (AvgIpc) is 2.13. The highest BCUT2D eigenvalue weighted by molar-refractivity contribution is 6.31.